The minimum atomic E-state index is -0.321. The number of hydrogen-bond acceptors (Lipinski definition) is 6. The molecule has 2 atom stereocenters. The Morgan fingerprint density at radius 2 is 2.36 bits per heavy atom. The fourth-order valence-corrected chi connectivity index (χ4v) is 2.39. The van der Waals surface area contributed by atoms with E-state index in [2.05, 4.69) is 15.5 Å². The van der Waals surface area contributed by atoms with Crippen molar-refractivity contribution >= 4 is 17.7 Å². The number of anilines is 1. The number of nitrogens with one attached hydrogen (secondary N) is 1. The summed E-state index contributed by atoms with van der Waals surface area (Å²) in [6.45, 7) is 1.43. The van der Waals surface area contributed by atoms with E-state index in [0.717, 1.165) is 11.7 Å². The Kier molecular flexibility index (Phi) is 2.62. The van der Waals surface area contributed by atoms with Gasteiger partial charge in [0.2, 0.25) is 5.95 Å². The SMILES string of the molecule is Cn1c(N)nnc1SC1CNCC1O. The minimum Gasteiger partial charge on any atom is -0.391 e. The number of rotatable bonds is 2. The lowest BCUT2D eigenvalue weighted by Gasteiger charge is -2.11. The molecule has 0 radical (unpaired) electrons. The standard InChI is InChI=1S/C7H13N5OS/c1-12-6(8)10-11-7(12)14-5-3-9-2-4(5)13/h4-5,9,13H,2-3H2,1H3,(H2,8,10). The molecule has 7 heteroatoms. The highest BCUT2D eigenvalue weighted by Gasteiger charge is 2.27. The molecule has 0 saturated carbocycles. The lowest BCUT2D eigenvalue weighted by Crippen LogP contribution is -2.20. The second kappa shape index (κ2) is 3.76. The molecule has 0 aliphatic carbocycles. The van der Waals surface area contributed by atoms with Gasteiger partial charge in [0.05, 0.1) is 11.4 Å². The quantitative estimate of drug-likeness (QED) is 0.575. The van der Waals surface area contributed by atoms with Crippen LogP contribution in [0.15, 0.2) is 5.16 Å². The molecule has 0 aromatic carbocycles. The summed E-state index contributed by atoms with van der Waals surface area (Å²) in [7, 11) is 1.81. The molecule has 0 amide bonds. The van der Waals surface area contributed by atoms with Crippen LogP contribution in [0.1, 0.15) is 0 Å². The molecule has 4 N–H and O–H groups in total. The summed E-state index contributed by atoms with van der Waals surface area (Å²) in [4.78, 5) is 0. The number of nitrogen functional groups attached to an aromatic ring is 1. The van der Waals surface area contributed by atoms with Crippen LogP contribution in [0.25, 0.3) is 0 Å². The van der Waals surface area contributed by atoms with E-state index in [1.54, 1.807) is 4.57 Å². The van der Waals surface area contributed by atoms with Crippen molar-refractivity contribution in [2.75, 3.05) is 18.8 Å². The highest BCUT2D eigenvalue weighted by atomic mass is 32.2. The fraction of sp³-hybridized carbons (Fsp3) is 0.714. The zero-order valence-electron chi connectivity index (χ0n) is 7.84. The van der Waals surface area contributed by atoms with Gasteiger partial charge < -0.3 is 16.2 Å². The maximum absolute atomic E-state index is 9.58. The summed E-state index contributed by atoms with van der Waals surface area (Å²) in [5.41, 5.74) is 5.55. The third kappa shape index (κ3) is 1.70. The third-order valence-electron chi connectivity index (χ3n) is 2.25. The van der Waals surface area contributed by atoms with Gasteiger partial charge in [0, 0.05) is 20.1 Å². The number of aliphatic hydroxyl groups is 1. The van der Waals surface area contributed by atoms with Crippen molar-refractivity contribution in [2.24, 2.45) is 7.05 Å². The average molecular weight is 215 g/mol. The normalized spacial score (nSPS) is 27.0. The average Bonchev–Trinajstić information content (AvgIpc) is 2.68. The molecule has 1 aromatic heterocycles. The zero-order chi connectivity index (χ0) is 10.1. The second-order valence-corrected chi connectivity index (χ2v) is 4.49. The maximum atomic E-state index is 9.58. The summed E-state index contributed by atoms with van der Waals surface area (Å²) < 4.78 is 1.72. The smallest absolute Gasteiger partial charge is 0.222 e. The predicted octanol–water partition coefficient (Wildman–Crippen LogP) is -1.18. The van der Waals surface area contributed by atoms with Crippen LogP contribution >= 0.6 is 11.8 Å². The van der Waals surface area contributed by atoms with Crippen LogP contribution in [0.2, 0.25) is 0 Å². The molecule has 1 aliphatic rings. The fourth-order valence-electron chi connectivity index (χ4n) is 1.33. The lowest BCUT2D eigenvalue weighted by molar-refractivity contribution is 0.201. The first-order valence-electron chi connectivity index (χ1n) is 4.39. The molecule has 2 rings (SSSR count). The van der Waals surface area contributed by atoms with Gasteiger partial charge in [-0.15, -0.1) is 10.2 Å². The van der Waals surface area contributed by atoms with Gasteiger partial charge in [0.15, 0.2) is 5.16 Å². The Balaban J connectivity index is 2.07. The Morgan fingerprint density at radius 3 is 2.86 bits per heavy atom. The van der Waals surface area contributed by atoms with Crippen LogP contribution in [0.4, 0.5) is 5.95 Å². The van der Waals surface area contributed by atoms with E-state index >= 15 is 0 Å². The van der Waals surface area contributed by atoms with Gasteiger partial charge in [0.1, 0.15) is 0 Å². The number of thioether (sulfide) groups is 1. The van der Waals surface area contributed by atoms with Crippen LogP contribution in [-0.4, -0.2) is 44.3 Å². The molecule has 78 valence electrons. The summed E-state index contributed by atoms with van der Waals surface area (Å²) in [6.07, 6.45) is -0.321. The van der Waals surface area contributed by atoms with Crippen molar-refractivity contribution in [3.63, 3.8) is 0 Å². The molecule has 1 fully saturated rings. The number of hydrogen-bond donors (Lipinski definition) is 3. The highest BCUT2D eigenvalue weighted by Crippen LogP contribution is 2.25. The van der Waals surface area contributed by atoms with E-state index in [4.69, 9.17) is 5.73 Å². The van der Waals surface area contributed by atoms with E-state index in [9.17, 15) is 5.11 Å². The van der Waals surface area contributed by atoms with Crippen molar-refractivity contribution in [3.8, 4) is 0 Å². The molecule has 0 bridgehead atoms. The predicted molar refractivity (Wildman–Crippen MR) is 53.9 cm³/mol. The first kappa shape index (κ1) is 9.75. The summed E-state index contributed by atoms with van der Waals surface area (Å²) in [5, 5.41) is 21.2. The van der Waals surface area contributed by atoms with Gasteiger partial charge in [-0.2, -0.15) is 0 Å². The van der Waals surface area contributed by atoms with Gasteiger partial charge in [-0.25, -0.2) is 0 Å². The monoisotopic (exact) mass is 215 g/mol. The number of nitrogens with two attached hydrogens (primary N) is 1. The van der Waals surface area contributed by atoms with E-state index in [-0.39, 0.29) is 11.4 Å². The van der Waals surface area contributed by atoms with Gasteiger partial charge >= 0.3 is 0 Å². The van der Waals surface area contributed by atoms with Gasteiger partial charge in [-0.3, -0.25) is 4.57 Å². The van der Waals surface area contributed by atoms with Crippen molar-refractivity contribution < 1.29 is 5.11 Å². The summed E-state index contributed by atoms with van der Waals surface area (Å²) in [6, 6.07) is 0. The molecule has 1 saturated heterocycles. The molecular formula is C7H13N5OS. The summed E-state index contributed by atoms with van der Waals surface area (Å²) >= 11 is 1.50. The van der Waals surface area contributed by atoms with Crippen LogP contribution < -0.4 is 11.1 Å². The molecule has 1 aromatic rings. The molecule has 1 aliphatic heterocycles. The maximum Gasteiger partial charge on any atom is 0.222 e. The molecular weight excluding hydrogens is 202 g/mol. The van der Waals surface area contributed by atoms with Gasteiger partial charge in [-0.05, 0) is 0 Å². The first-order valence-corrected chi connectivity index (χ1v) is 5.26. The van der Waals surface area contributed by atoms with Crippen LogP contribution in [0, 0.1) is 0 Å². The Bertz CT molecular complexity index is 328. The summed E-state index contributed by atoms with van der Waals surface area (Å²) in [5.74, 6) is 0.396. The molecule has 0 spiro atoms. The van der Waals surface area contributed by atoms with Crippen molar-refractivity contribution in [1.29, 1.82) is 0 Å². The zero-order valence-corrected chi connectivity index (χ0v) is 8.66. The Hall–Kier alpha value is -0.790. The largest absolute Gasteiger partial charge is 0.391 e. The molecule has 2 heterocycles. The van der Waals surface area contributed by atoms with E-state index < -0.39 is 0 Å². The van der Waals surface area contributed by atoms with Crippen molar-refractivity contribution in [2.45, 2.75) is 16.5 Å². The van der Waals surface area contributed by atoms with Gasteiger partial charge in [-0.1, -0.05) is 11.8 Å². The number of nitrogens with zero attached hydrogens (tertiary/aromatic N) is 3. The van der Waals surface area contributed by atoms with Crippen molar-refractivity contribution in [1.82, 2.24) is 20.1 Å². The number of aromatic nitrogens is 3. The minimum absolute atomic E-state index is 0.136. The second-order valence-electron chi connectivity index (χ2n) is 3.28. The molecule has 6 nitrogen and oxygen atoms in total. The van der Waals surface area contributed by atoms with Crippen LogP contribution in [0.3, 0.4) is 0 Å². The first-order chi connectivity index (χ1) is 6.68. The van der Waals surface area contributed by atoms with Crippen LogP contribution in [-0.2, 0) is 7.05 Å². The Labute approximate surface area is 85.9 Å². The molecule has 14 heavy (non-hydrogen) atoms. The highest BCUT2D eigenvalue weighted by molar-refractivity contribution is 7.99. The lowest BCUT2D eigenvalue weighted by atomic mass is 10.3. The topological polar surface area (TPSA) is 89.0 Å². The van der Waals surface area contributed by atoms with E-state index in [0.29, 0.717) is 12.5 Å². The number of β-amino-alcohol motifs (C(OH)–C–C–N with tert-alkyl or cyclic N) is 1. The Morgan fingerprint density at radius 1 is 1.57 bits per heavy atom. The third-order valence-corrected chi connectivity index (χ3v) is 3.60. The van der Waals surface area contributed by atoms with E-state index in [1.807, 2.05) is 7.05 Å². The van der Waals surface area contributed by atoms with Gasteiger partial charge in [0.25, 0.3) is 0 Å². The van der Waals surface area contributed by atoms with Crippen LogP contribution in [0.5, 0.6) is 0 Å². The molecule has 2 unspecified atom stereocenters. The number of aliphatic hydroxyl groups excluding tert-OH is 1. The van der Waals surface area contributed by atoms with Crippen molar-refractivity contribution in [3.05, 3.63) is 0 Å². The van der Waals surface area contributed by atoms with E-state index in [1.165, 1.54) is 11.8 Å².